The predicted octanol–water partition coefficient (Wildman–Crippen LogP) is 5.21. The number of carbonyl (C=O) groups excluding carboxylic acids is 2. The van der Waals surface area contributed by atoms with Gasteiger partial charge in [0.2, 0.25) is 0 Å². The van der Waals surface area contributed by atoms with E-state index in [0.717, 1.165) is 36.5 Å². The summed E-state index contributed by atoms with van der Waals surface area (Å²) in [6, 6.07) is 0.512. The Hall–Kier alpha value is -1.65. The molecule has 5 rings (SSSR count). The van der Waals surface area contributed by atoms with Gasteiger partial charge in [-0.1, -0.05) is 38.5 Å². The first kappa shape index (κ1) is 21.2. The molecule has 168 valence electrons. The molecule has 1 unspecified atom stereocenters. The number of thiazole rings is 1. The number of hydrogen-bond acceptors (Lipinski definition) is 5. The molecule has 31 heavy (non-hydrogen) atoms. The van der Waals surface area contributed by atoms with E-state index in [2.05, 4.69) is 16.2 Å². The standard InChI is InChI=1S/C25H35N3O2S/c29-16-21-15-18(11-14-28(21)20-9-5-2-6-10-20)24-26-22(17-31-24)23(30)27-25(12-13-25)19-7-3-1-4-8-19/h17-20H,1-15H2,(H,27,30). The minimum absolute atomic E-state index is 0.00336. The molecule has 3 saturated carbocycles. The van der Waals surface area contributed by atoms with Crippen LogP contribution in [0.1, 0.15) is 111 Å². The number of allylic oxidation sites excluding steroid dienone is 1. The molecule has 3 aliphatic carbocycles. The van der Waals surface area contributed by atoms with E-state index in [1.807, 2.05) is 5.38 Å². The number of likely N-dealkylation sites (tertiary alicyclic amines) is 1. The average molecular weight is 442 g/mol. The summed E-state index contributed by atoms with van der Waals surface area (Å²) in [5.41, 5.74) is 1.42. The van der Waals surface area contributed by atoms with Crippen LogP contribution in [-0.4, -0.2) is 39.9 Å². The zero-order chi connectivity index (χ0) is 21.3. The van der Waals surface area contributed by atoms with Crippen LogP contribution in [0.25, 0.3) is 0 Å². The summed E-state index contributed by atoms with van der Waals surface area (Å²) in [5.74, 6) is 3.12. The van der Waals surface area contributed by atoms with Crippen molar-refractivity contribution in [1.82, 2.24) is 15.2 Å². The second-order valence-electron chi connectivity index (χ2n) is 10.2. The van der Waals surface area contributed by atoms with Gasteiger partial charge in [0.15, 0.2) is 0 Å². The summed E-state index contributed by atoms with van der Waals surface area (Å²) in [4.78, 5) is 31.8. The quantitative estimate of drug-likeness (QED) is 0.637. The van der Waals surface area contributed by atoms with E-state index < -0.39 is 0 Å². The van der Waals surface area contributed by atoms with E-state index in [-0.39, 0.29) is 17.4 Å². The van der Waals surface area contributed by atoms with Gasteiger partial charge in [0.05, 0.1) is 10.7 Å². The Kier molecular flexibility index (Phi) is 6.21. The van der Waals surface area contributed by atoms with Gasteiger partial charge in [-0.3, -0.25) is 4.79 Å². The Morgan fingerprint density at radius 1 is 1.06 bits per heavy atom. The van der Waals surface area contributed by atoms with Crippen LogP contribution in [0.4, 0.5) is 0 Å². The molecular weight excluding hydrogens is 406 g/mol. The molecule has 0 aromatic carbocycles. The summed E-state index contributed by atoms with van der Waals surface area (Å²) < 4.78 is 0. The maximum atomic E-state index is 13.0. The van der Waals surface area contributed by atoms with Crippen molar-refractivity contribution in [2.24, 2.45) is 5.92 Å². The van der Waals surface area contributed by atoms with Crippen LogP contribution < -0.4 is 5.32 Å². The Morgan fingerprint density at radius 2 is 1.77 bits per heavy atom. The fourth-order valence-corrected chi connectivity index (χ4v) is 7.22. The number of hydrogen-bond donors (Lipinski definition) is 1. The third kappa shape index (κ3) is 4.47. The molecule has 1 aromatic rings. The van der Waals surface area contributed by atoms with Gasteiger partial charge in [-0.25, -0.2) is 9.78 Å². The van der Waals surface area contributed by atoms with E-state index in [0.29, 0.717) is 24.1 Å². The van der Waals surface area contributed by atoms with Crippen molar-refractivity contribution in [2.45, 2.75) is 107 Å². The average Bonchev–Trinajstić information content (AvgIpc) is 3.44. The molecule has 0 spiro atoms. The van der Waals surface area contributed by atoms with Gasteiger partial charge in [-0.2, -0.15) is 0 Å². The summed E-state index contributed by atoms with van der Waals surface area (Å²) in [5, 5.41) is 6.29. The summed E-state index contributed by atoms with van der Waals surface area (Å²) in [7, 11) is 0. The molecule has 1 aromatic heterocycles. The van der Waals surface area contributed by atoms with Crippen molar-refractivity contribution >= 4 is 23.2 Å². The number of amides is 1. The van der Waals surface area contributed by atoms with E-state index >= 15 is 0 Å². The third-order valence-corrected chi connectivity index (χ3v) is 9.29. The SMILES string of the molecule is O=C=C1CC(c2nc(C(=O)NC3(C4CCCCC4)CC3)cs2)CCN1C1CCCCC1. The first-order valence-corrected chi connectivity index (χ1v) is 13.3. The minimum Gasteiger partial charge on any atom is -0.363 e. The first-order chi connectivity index (χ1) is 15.2. The topological polar surface area (TPSA) is 62.3 Å². The monoisotopic (exact) mass is 441 g/mol. The molecule has 4 aliphatic rings. The van der Waals surface area contributed by atoms with Crippen LogP contribution in [0.15, 0.2) is 11.1 Å². The van der Waals surface area contributed by atoms with Gasteiger partial charge in [0.1, 0.15) is 11.6 Å². The van der Waals surface area contributed by atoms with E-state index in [4.69, 9.17) is 4.98 Å². The number of nitrogens with one attached hydrogen (secondary N) is 1. The normalized spacial score (nSPS) is 27.0. The molecule has 1 aliphatic heterocycles. The van der Waals surface area contributed by atoms with Crippen LogP contribution in [-0.2, 0) is 4.79 Å². The second-order valence-corrected chi connectivity index (χ2v) is 11.1. The van der Waals surface area contributed by atoms with Crippen LogP contribution in [0, 0.1) is 5.92 Å². The minimum atomic E-state index is -0.00336. The molecule has 1 atom stereocenters. The fourth-order valence-electron chi connectivity index (χ4n) is 6.28. The lowest BCUT2D eigenvalue weighted by Gasteiger charge is -2.40. The number of piperidine rings is 1. The molecule has 4 fully saturated rings. The van der Waals surface area contributed by atoms with Gasteiger partial charge in [-0.15, -0.1) is 11.3 Å². The van der Waals surface area contributed by atoms with Crippen LogP contribution in [0.2, 0.25) is 0 Å². The van der Waals surface area contributed by atoms with Crippen molar-refractivity contribution in [2.75, 3.05) is 6.54 Å². The van der Waals surface area contributed by atoms with Crippen molar-refractivity contribution in [3.63, 3.8) is 0 Å². The van der Waals surface area contributed by atoms with Crippen LogP contribution in [0.3, 0.4) is 0 Å². The van der Waals surface area contributed by atoms with E-state index in [1.165, 1.54) is 64.2 Å². The summed E-state index contributed by atoms with van der Waals surface area (Å²) in [6.07, 6.45) is 16.6. The Morgan fingerprint density at radius 3 is 2.45 bits per heavy atom. The zero-order valence-electron chi connectivity index (χ0n) is 18.5. The molecule has 1 N–H and O–H groups in total. The maximum absolute atomic E-state index is 13.0. The number of aromatic nitrogens is 1. The number of nitrogens with zero attached hydrogens (tertiary/aromatic N) is 2. The van der Waals surface area contributed by atoms with Gasteiger partial charge >= 0.3 is 0 Å². The molecule has 1 amide bonds. The van der Waals surface area contributed by atoms with Gasteiger partial charge in [0.25, 0.3) is 5.91 Å². The first-order valence-electron chi connectivity index (χ1n) is 12.5. The fraction of sp³-hybridized carbons (Fsp3) is 0.760. The highest BCUT2D eigenvalue weighted by atomic mass is 32.1. The third-order valence-electron chi connectivity index (χ3n) is 8.28. The predicted molar refractivity (Wildman–Crippen MR) is 123 cm³/mol. The summed E-state index contributed by atoms with van der Waals surface area (Å²) in [6.45, 7) is 0.909. The largest absolute Gasteiger partial charge is 0.363 e. The lowest BCUT2D eigenvalue weighted by atomic mass is 9.82. The second kappa shape index (κ2) is 9.07. The number of carbonyl (C=O) groups is 1. The lowest BCUT2D eigenvalue weighted by molar-refractivity contribution is 0.0897. The van der Waals surface area contributed by atoms with Crippen molar-refractivity contribution in [1.29, 1.82) is 0 Å². The molecule has 0 bridgehead atoms. The highest BCUT2D eigenvalue weighted by Gasteiger charge is 2.50. The molecule has 6 heteroatoms. The molecule has 5 nitrogen and oxygen atoms in total. The van der Waals surface area contributed by atoms with Crippen LogP contribution in [0.5, 0.6) is 0 Å². The highest BCUT2D eigenvalue weighted by Crippen LogP contribution is 2.48. The van der Waals surface area contributed by atoms with Crippen molar-refractivity contribution in [3.8, 4) is 0 Å². The Balaban J connectivity index is 1.21. The maximum Gasteiger partial charge on any atom is 0.271 e. The highest BCUT2D eigenvalue weighted by molar-refractivity contribution is 7.09. The zero-order valence-corrected chi connectivity index (χ0v) is 19.4. The van der Waals surface area contributed by atoms with E-state index in [1.54, 1.807) is 11.3 Å². The van der Waals surface area contributed by atoms with E-state index in [9.17, 15) is 9.59 Å². The molecule has 0 radical (unpaired) electrons. The number of rotatable bonds is 5. The molecular formula is C25H35N3O2S. The van der Waals surface area contributed by atoms with Crippen LogP contribution >= 0.6 is 11.3 Å². The molecule has 1 saturated heterocycles. The molecule has 2 heterocycles. The van der Waals surface area contributed by atoms with Gasteiger partial charge in [0, 0.05) is 35.8 Å². The Labute approximate surface area is 189 Å². The van der Waals surface area contributed by atoms with Gasteiger partial charge in [-0.05, 0) is 50.9 Å². The van der Waals surface area contributed by atoms with Crippen molar-refractivity contribution in [3.05, 3.63) is 21.8 Å². The summed E-state index contributed by atoms with van der Waals surface area (Å²) >= 11 is 1.58. The smallest absolute Gasteiger partial charge is 0.271 e. The Bertz CT molecular complexity index is 843. The lowest BCUT2D eigenvalue weighted by Crippen LogP contribution is -2.43. The van der Waals surface area contributed by atoms with Gasteiger partial charge < -0.3 is 10.2 Å². The van der Waals surface area contributed by atoms with Crippen molar-refractivity contribution < 1.29 is 9.59 Å².